The lowest BCUT2D eigenvalue weighted by atomic mass is 10.2. The smallest absolute Gasteiger partial charge is 0.316 e. The molecule has 1 N–H and O–H groups in total. The summed E-state index contributed by atoms with van der Waals surface area (Å²) in [5, 5.41) is 2.59. The number of nitrogens with zero attached hydrogens (tertiary/aromatic N) is 1. The minimum atomic E-state index is -0.168. The van der Waals surface area contributed by atoms with Gasteiger partial charge in [-0.3, -0.25) is 0 Å². The number of nitrogens with one attached hydrogen (secondary N) is 1. The first-order valence-corrected chi connectivity index (χ1v) is 3.48. The molecule has 0 rings (SSSR count). The molecule has 1 atom stereocenters. The molecule has 2 amide bonds. The molecule has 1 unspecified atom stereocenters. The molecule has 0 aliphatic rings. The summed E-state index contributed by atoms with van der Waals surface area (Å²) in [6.07, 6.45) is 0.815. The van der Waals surface area contributed by atoms with Crippen LogP contribution in [0, 0.1) is 5.92 Å². The van der Waals surface area contributed by atoms with E-state index in [1.165, 1.54) is 4.90 Å². The molecule has 4 heteroatoms. The maximum Gasteiger partial charge on any atom is 0.316 e. The van der Waals surface area contributed by atoms with Gasteiger partial charge in [0.15, 0.2) is 0 Å². The summed E-state index contributed by atoms with van der Waals surface area (Å²) >= 11 is 0. The molecule has 0 bridgehead atoms. The molecule has 0 aromatic carbocycles. The Morgan fingerprint density at radius 3 is 2.55 bits per heavy atom. The van der Waals surface area contributed by atoms with Crippen molar-refractivity contribution in [3.05, 3.63) is 0 Å². The number of carbonyl (C=O) groups excluding carboxylic acids is 2. The van der Waals surface area contributed by atoms with Crippen LogP contribution < -0.4 is 5.32 Å². The highest BCUT2D eigenvalue weighted by Crippen LogP contribution is 1.85. The Bertz CT molecular complexity index is 145. The van der Waals surface area contributed by atoms with E-state index >= 15 is 0 Å². The fourth-order valence-electron chi connectivity index (χ4n) is 0.455. The first-order valence-electron chi connectivity index (χ1n) is 3.48. The molecule has 0 spiro atoms. The molecule has 11 heavy (non-hydrogen) atoms. The van der Waals surface area contributed by atoms with Gasteiger partial charge >= 0.3 is 6.03 Å². The summed E-state index contributed by atoms with van der Waals surface area (Å²) in [5.41, 5.74) is 0. The summed E-state index contributed by atoms with van der Waals surface area (Å²) in [7, 11) is 3.31. The topological polar surface area (TPSA) is 49.4 Å². The average molecular weight is 158 g/mol. The molecule has 4 nitrogen and oxygen atoms in total. The van der Waals surface area contributed by atoms with Crippen molar-refractivity contribution in [1.82, 2.24) is 10.2 Å². The van der Waals surface area contributed by atoms with Gasteiger partial charge in [0.1, 0.15) is 6.29 Å². The van der Waals surface area contributed by atoms with Gasteiger partial charge in [-0.15, -0.1) is 0 Å². The highest BCUT2D eigenvalue weighted by Gasteiger charge is 2.04. The number of aldehydes is 1. The third kappa shape index (κ3) is 4.36. The SMILES string of the molecule is CC(C=O)CNC(=O)N(C)C. The van der Waals surface area contributed by atoms with Crippen LogP contribution >= 0.6 is 0 Å². The number of amides is 2. The van der Waals surface area contributed by atoms with Crippen LogP contribution in [-0.4, -0.2) is 37.9 Å². The van der Waals surface area contributed by atoms with Gasteiger partial charge in [0.2, 0.25) is 0 Å². The number of urea groups is 1. The quantitative estimate of drug-likeness (QED) is 0.592. The van der Waals surface area contributed by atoms with Gasteiger partial charge in [0.25, 0.3) is 0 Å². The zero-order valence-electron chi connectivity index (χ0n) is 7.13. The first kappa shape index (κ1) is 9.94. The third-order valence-electron chi connectivity index (χ3n) is 1.21. The molecule has 0 heterocycles. The predicted molar refractivity (Wildman–Crippen MR) is 42.3 cm³/mol. The van der Waals surface area contributed by atoms with Crippen molar-refractivity contribution in [2.45, 2.75) is 6.92 Å². The lowest BCUT2D eigenvalue weighted by molar-refractivity contribution is -0.110. The molecule has 0 aromatic rings. The molecule has 0 fully saturated rings. The van der Waals surface area contributed by atoms with Crippen LogP contribution in [0.4, 0.5) is 4.79 Å². The highest BCUT2D eigenvalue weighted by atomic mass is 16.2. The molecule has 0 aromatic heterocycles. The summed E-state index contributed by atoms with van der Waals surface area (Å²) < 4.78 is 0. The molecular formula is C7H14N2O2. The number of hydrogen-bond donors (Lipinski definition) is 1. The van der Waals surface area contributed by atoms with E-state index in [4.69, 9.17) is 0 Å². The highest BCUT2D eigenvalue weighted by molar-refractivity contribution is 5.73. The van der Waals surface area contributed by atoms with Crippen molar-refractivity contribution in [2.75, 3.05) is 20.6 Å². The maximum atomic E-state index is 10.9. The molecule has 0 aliphatic carbocycles. The Hall–Kier alpha value is -1.06. The van der Waals surface area contributed by atoms with E-state index in [0.29, 0.717) is 6.54 Å². The molecule has 0 saturated carbocycles. The van der Waals surface area contributed by atoms with Crippen molar-refractivity contribution < 1.29 is 9.59 Å². The van der Waals surface area contributed by atoms with E-state index in [-0.39, 0.29) is 11.9 Å². The Labute approximate surface area is 66.6 Å². The lowest BCUT2D eigenvalue weighted by Crippen LogP contribution is -2.37. The fourth-order valence-corrected chi connectivity index (χ4v) is 0.455. The van der Waals surface area contributed by atoms with E-state index in [0.717, 1.165) is 6.29 Å². The minimum Gasteiger partial charge on any atom is -0.337 e. The monoisotopic (exact) mass is 158 g/mol. The van der Waals surface area contributed by atoms with E-state index in [9.17, 15) is 9.59 Å². The van der Waals surface area contributed by atoms with Gasteiger partial charge in [-0.2, -0.15) is 0 Å². The van der Waals surface area contributed by atoms with Gasteiger partial charge in [-0.05, 0) is 0 Å². The minimum absolute atomic E-state index is 0.112. The molecular weight excluding hydrogens is 144 g/mol. The van der Waals surface area contributed by atoms with Gasteiger partial charge in [-0.25, -0.2) is 4.79 Å². The second-order valence-electron chi connectivity index (χ2n) is 2.69. The third-order valence-corrected chi connectivity index (χ3v) is 1.21. The van der Waals surface area contributed by atoms with E-state index < -0.39 is 0 Å². The van der Waals surface area contributed by atoms with Crippen LogP contribution in [0.3, 0.4) is 0 Å². The standard InChI is InChI=1S/C7H14N2O2/c1-6(5-10)4-8-7(11)9(2)3/h5-6H,4H2,1-3H3,(H,8,11). The van der Waals surface area contributed by atoms with Crippen LogP contribution in [0.15, 0.2) is 0 Å². The van der Waals surface area contributed by atoms with Crippen molar-refractivity contribution in [1.29, 1.82) is 0 Å². The summed E-state index contributed by atoms with van der Waals surface area (Å²) in [5.74, 6) is -0.112. The molecule has 64 valence electrons. The predicted octanol–water partition coefficient (Wildman–Crippen LogP) is 0.0926. The molecule has 0 radical (unpaired) electrons. The first-order chi connectivity index (χ1) is 5.07. The second-order valence-corrected chi connectivity index (χ2v) is 2.69. The van der Waals surface area contributed by atoms with Gasteiger partial charge in [-0.1, -0.05) is 6.92 Å². The van der Waals surface area contributed by atoms with Crippen molar-refractivity contribution in [2.24, 2.45) is 5.92 Å². The van der Waals surface area contributed by atoms with Crippen LogP contribution in [0.1, 0.15) is 6.92 Å². The van der Waals surface area contributed by atoms with Crippen LogP contribution in [0.25, 0.3) is 0 Å². The van der Waals surface area contributed by atoms with Gasteiger partial charge in [0.05, 0.1) is 0 Å². The maximum absolute atomic E-state index is 10.9. The van der Waals surface area contributed by atoms with Crippen molar-refractivity contribution in [3.8, 4) is 0 Å². The zero-order valence-corrected chi connectivity index (χ0v) is 7.13. The fraction of sp³-hybridized carbons (Fsp3) is 0.714. The van der Waals surface area contributed by atoms with E-state index in [1.807, 2.05) is 0 Å². The largest absolute Gasteiger partial charge is 0.337 e. The average Bonchev–Trinajstić information content (AvgIpc) is 1.99. The van der Waals surface area contributed by atoms with Crippen LogP contribution in [0.2, 0.25) is 0 Å². The number of carbonyl (C=O) groups is 2. The summed E-state index contributed by atoms with van der Waals surface area (Å²) in [6, 6.07) is -0.168. The molecule has 0 aliphatic heterocycles. The van der Waals surface area contributed by atoms with Crippen molar-refractivity contribution in [3.63, 3.8) is 0 Å². The van der Waals surface area contributed by atoms with Gasteiger partial charge < -0.3 is 15.0 Å². The number of rotatable bonds is 3. The summed E-state index contributed by atoms with van der Waals surface area (Å²) in [4.78, 5) is 22.4. The Balaban J connectivity index is 3.54. The Kier molecular flexibility index (Phi) is 4.26. The zero-order chi connectivity index (χ0) is 8.85. The summed E-state index contributed by atoms with van der Waals surface area (Å²) in [6.45, 7) is 2.16. The second kappa shape index (κ2) is 4.71. The lowest BCUT2D eigenvalue weighted by Gasteiger charge is -2.12. The van der Waals surface area contributed by atoms with E-state index in [2.05, 4.69) is 5.32 Å². The van der Waals surface area contributed by atoms with Crippen LogP contribution in [0.5, 0.6) is 0 Å². The van der Waals surface area contributed by atoms with E-state index in [1.54, 1.807) is 21.0 Å². The molecule has 0 saturated heterocycles. The van der Waals surface area contributed by atoms with Crippen LogP contribution in [-0.2, 0) is 4.79 Å². The Morgan fingerprint density at radius 1 is 1.64 bits per heavy atom. The normalized spacial score (nSPS) is 11.9. The van der Waals surface area contributed by atoms with Gasteiger partial charge in [0, 0.05) is 26.6 Å². The Morgan fingerprint density at radius 2 is 2.18 bits per heavy atom. The van der Waals surface area contributed by atoms with Crippen molar-refractivity contribution >= 4 is 12.3 Å². The number of hydrogen-bond acceptors (Lipinski definition) is 2.